The molecule has 0 radical (unpaired) electrons. The van der Waals surface area contributed by atoms with Crippen LogP contribution in [0.2, 0.25) is 10.6 Å². The largest absolute Gasteiger partial charge is 0.507 e. The van der Waals surface area contributed by atoms with Crippen molar-refractivity contribution in [1.82, 2.24) is 14.5 Å². The number of benzene rings is 5. The van der Waals surface area contributed by atoms with Crippen LogP contribution < -0.4 is 20.0 Å². The Labute approximate surface area is 436 Å². The summed E-state index contributed by atoms with van der Waals surface area (Å²) in [6.45, 7) is 30.3. The second-order valence-corrected chi connectivity index (χ2v) is 22.9. The molecule has 3 aromatic heterocycles. The first-order valence-electron chi connectivity index (χ1n) is 24.4. The van der Waals surface area contributed by atoms with E-state index in [-0.39, 0.29) is 42.5 Å². The van der Waals surface area contributed by atoms with Gasteiger partial charge in [0.25, 0.3) is 0 Å². The summed E-state index contributed by atoms with van der Waals surface area (Å²) in [6.07, 6.45) is 3.75. The second-order valence-electron chi connectivity index (χ2n) is 22.9. The molecule has 0 bridgehead atoms. The monoisotopic (exact) mass is 1120 g/mol. The van der Waals surface area contributed by atoms with E-state index in [9.17, 15) is 0 Å². The van der Waals surface area contributed by atoms with E-state index < -0.39 is 21.4 Å². The fraction of sp³-hybridized carbons (Fsp3) is 0.293. The Kier molecular flexibility index (Phi) is 13.3. The molecule has 1 fully saturated rings. The Bertz CT molecular complexity index is 3240. The number of anilines is 4. The fourth-order valence-electron chi connectivity index (χ4n) is 9.33. The number of rotatable bonds is 7. The van der Waals surface area contributed by atoms with Crippen molar-refractivity contribution >= 4 is 71.4 Å². The van der Waals surface area contributed by atoms with Gasteiger partial charge < -0.3 is 37.8 Å². The fourth-order valence-corrected chi connectivity index (χ4v) is 9.33. The van der Waals surface area contributed by atoms with Gasteiger partial charge in [-0.2, -0.15) is 6.07 Å². The van der Waals surface area contributed by atoms with Crippen LogP contribution in [0, 0.1) is 25.7 Å². The Morgan fingerprint density at radius 1 is 0.620 bits per heavy atom. The SMILES string of the molecule is Cc1ncc(N2[CH-]N(c3c(B4OB(C(C)(C)C)OB(C(C)(C)C)O4)cccc3C(C)(C)C)c3ccccc32)[c-]c1Oc1[c-]c2c(cc1)c1cc(-c3ccccc3)ccc1n2-c1cc(C(C)(C)C)ccn1.[Pt]. The standard InChI is InChI=1S/C58H61B3N5O4.Pt/c1-38-52(67-43-27-28-44-45-32-40(39-20-15-14-16-21-39)26-29-48(45)66(51(44)35-43)53-33-41(30-31-62-53)55(2,3)4)34-42(36-63-38)64-37-65(50-25-18-17-24-49(50)64)54-46(56(5,6)7)22-19-23-47(54)59-68-60(57(8,9)10)70-61(69-59)58(11,12)13;/h14-33,36-37H,1-13H3;/q-3;. The van der Waals surface area contributed by atoms with Crippen LogP contribution in [0.3, 0.4) is 0 Å². The predicted molar refractivity (Wildman–Crippen MR) is 289 cm³/mol. The minimum Gasteiger partial charge on any atom is -0.507 e. The molecule has 0 unspecified atom stereocenters. The molecular formula is C58H61B3N5O4Pt-3. The molecule has 364 valence electrons. The van der Waals surface area contributed by atoms with Gasteiger partial charge in [0.1, 0.15) is 5.82 Å². The summed E-state index contributed by atoms with van der Waals surface area (Å²) < 4.78 is 29.1. The van der Waals surface area contributed by atoms with E-state index in [1.165, 1.54) is 5.56 Å². The zero-order valence-corrected chi connectivity index (χ0v) is 45.4. The molecule has 0 saturated carbocycles. The summed E-state index contributed by atoms with van der Waals surface area (Å²) in [5.74, 6) is 1.86. The van der Waals surface area contributed by atoms with Crippen molar-refractivity contribution < 1.29 is 39.5 Å². The number of para-hydroxylation sites is 3. The number of fused-ring (bicyclic) bond motifs is 4. The predicted octanol–water partition coefficient (Wildman–Crippen LogP) is 14.3. The molecule has 0 spiro atoms. The molecule has 1 saturated heterocycles. The first-order valence-corrected chi connectivity index (χ1v) is 24.4. The zero-order chi connectivity index (χ0) is 49.5. The topological polar surface area (TPSA) is 74.1 Å². The molecule has 0 atom stereocenters. The molecule has 5 heterocycles. The van der Waals surface area contributed by atoms with Gasteiger partial charge in [-0.1, -0.05) is 180 Å². The van der Waals surface area contributed by atoms with Crippen LogP contribution in [0.15, 0.2) is 128 Å². The Morgan fingerprint density at radius 3 is 1.96 bits per heavy atom. The summed E-state index contributed by atoms with van der Waals surface area (Å²) in [6, 6.07) is 47.7. The van der Waals surface area contributed by atoms with Crippen LogP contribution in [0.4, 0.5) is 22.7 Å². The number of aromatic nitrogens is 3. The second kappa shape index (κ2) is 18.8. The summed E-state index contributed by atoms with van der Waals surface area (Å²) >= 11 is 0. The van der Waals surface area contributed by atoms with Crippen molar-refractivity contribution in [3.8, 4) is 28.4 Å². The first-order chi connectivity index (χ1) is 33.1. The summed E-state index contributed by atoms with van der Waals surface area (Å²) in [5.41, 5.74) is 11.5. The molecule has 13 heteroatoms. The molecule has 9 nitrogen and oxygen atoms in total. The minimum absolute atomic E-state index is 0. The van der Waals surface area contributed by atoms with Crippen LogP contribution in [-0.2, 0) is 45.6 Å². The quantitative estimate of drug-likeness (QED) is 0.115. The van der Waals surface area contributed by atoms with Crippen molar-refractivity contribution in [1.29, 1.82) is 0 Å². The minimum atomic E-state index is -0.696. The van der Waals surface area contributed by atoms with Crippen molar-refractivity contribution in [2.75, 3.05) is 9.80 Å². The van der Waals surface area contributed by atoms with Crippen molar-refractivity contribution in [2.45, 2.75) is 111 Å². The van der Waals surface area contributed by atoms with Gasteiger partial charge in [-0.15, -0.1) is 30.3 Å². The summed E-state index contributed by atoms with van der Waals surface area (Å²) in [5, 5.41) is 1.56. The van der Waals surface area contributed by atoms with Gasteiger partial charge in [0, 0.05) is 66.8 Å². The smallest absolute Gasteiger partial charge is 0.468 e. The number of hydrogen-bond acceptors (Lipinski definition) is 8. The van der Waals surface area contributed by atoms with Crippen molar-refractivity contribution in [3.05, 3.63) is 163 Å². The molecule has 71 heavy (non-hydrogen) atoms. The third-order valence-corrected chi connectivity index (χ3v) is 13.2. The maximum absolute atomic E-state index is 6.81. The van der Waals surface area contributed by atoms with E-state index in [1.54, 1.807) is 0 Å². The molecule has 2 aliphatic heterocycles. The molecule has 0 N–H and O–H groups in total. The average Bonchev–Trinajstić information content (AvgIpc) is 3.86. The third-order valence-electron chi connectivity index (χ3n) is 13.2. The van der Waals surface area contributed by atoms with Crippen LogP contribution in [0.25, 0.3) is 38.8 Å². The van der Waals surface area contributed by atoms with Crippen LogP contribution in [-0.4, -0.2) is 35.9 Å². The molecule has 5 aromatic carbocycles. The average molecular weight is 1120 g/mol. The van der Waals surface area contributed by atoms with E-state index in [1.807, 2.05) is 31.5 Å². The van der Waals surface area contributed by atoms with Gasteiger partial charge in [0.05, 0.1) is 0 Å². The number of ether oxygens (including phenoxy) is 1. The molecule has 8 aromatic rings. The first kappa shape index (κ1) is 50.3. The van der Waals surface area contributed by atoms with Gasteiger partial charge in [-0.3, -0.25) is 0 Å². The van der Waals surface area contributed by atoms with E-state index in [4.69, 9.17) is 28.4 Å². The van der Waals surface area contributed by atoms with Crippen LogP contribution >= 0.6 is 0 Å². The molecule has 0 aliphatic carbocycles. The Hall–Kier alpha value is -5.64. The van der Waals surface area contributed by atoms with Crippen LogP contribution in [0.1, 0.15) is 99.9 Å². The summed E-state index contributed by atoms with van der Waals surface area (Å²) in [4.78, 5) is 14.2. The number of pyridine rings is 2. The number of nitrogens with zero attached hydrogens (tertiary/aromatic N) is 5. The zero-order valence-electron chi connectivity index (χ0n) is 43.1. The van der Waals surface area contributed by atoms with E-state index >= 15 is 0 Å². The van der Waals surface area contributed by atoms with Gasteiger partial charge in [-0.05, 0) is 85.1 Å². The van der Waals surface area contributed by atoms with Crippen molar-refractivity contribution in [2.24, 2.45) is 0 Å². The normalized spacial score (nSPS) is 14.6. The number of hydrogen-bond donors (Lipinski definition) is 0. The Morgan fingerprint density at radius 2 is 1.30 bits per heavy atom. The molecule has 10 rings (SSSR count). The van der Waals surface area contributed by atoms with Gasteiger partial charge in [-0.25, -0.2) is 4.98 Å². The molecule has 0 amide bonds. The van der Waals surface area contributed by atoms with Gasteiger partial charge in [0.2, 0.25) is 0 Å². The maximum atomic E-state index is 6.81. The van der Waals surface area contributed by atoms with E-state index in [0.29, 0.717) is 17.2 Å². The third kappa shape index (κ3) is 9.73. The Balaban J connectivity index is 0.00000624. The van der Waals surface area contributed by atoms with Gasteiger partial charge in [0.15, 0.2) is 0 Å². The van der Waals surface area contributed by atoms with Crippen LogP contribution in [0.5, 0.6) is 11.5 Å². The van der Waals surface area contributed by atoms with E-state index in [0.717, 1.165) is 72.5 Å². The van der Waals surface area contributed by atoms with Crippen molar-refractivity contribution in [3.63, 3.8) is 0 Å². The number of aryl methyl sites for hydroxylation is 1. The molecule has 2 aliphatic rings. The van der Waals surface area contributed by atoms with Gasteiger partial charge >= 0.3 is 21.4 Å². The van der Waals surface area contributed by atoms with E-state index in [2.05, 4.69) is 219 Å². The summed E-state index contributed by atoms with van der Waals surface area (Å²) in [7, 11) is -1.69. The maximum Gasteiger partial charge on any atom is 0.468 e. The molecular weight excluding hydrogens is 1060 g/mol.